The Kier molecular flexibility index (Phi) is 9.15. The number of likely N-dealkylation sites (N-methyl/N-ethyl adjacent to an activating group) is 1. The first-order valence-corrected chi connectivity index (χ1v) is 12.0. The van der Waals surface area contributed by atoms with E-state index in [0.717, 1.165) is 71.3 Å². The molecule has 2 N–H and O–H groups in total. The Bertz CT molecular complexity index is 729. The summed E-state index contributed by atoms with van der Waals surface area (Å²) >= 11 is 0. The van der Waals surface area contributed by atoms with Gasteiger partial charge in [0.05, 0.1) is 6.54 Å². The van der Waals surface area contributed by atoms with E-state index in [1.165, 1.54) is 11.1 Å². The summed E-state index contributed by atoms with van der Waals surface area (Å²) < 4.78 is 0. The number of carbonyl (C=O) groups excluding carboxylic acids is 1. The zero-order valence-corrected chi connectivity index (χ0v) is 19.6. The molecule has 0 radical (unpaired) electrons. The van der Waals surface area contributed by atoms with E-state index < -0.39 is 0 Å². The molecule has 2 aliphatic heterocycles. The summed E-state index contributed by atoms with van der Waals surface area (Å²) in [7, 11) is 0. The molecule has 0 spiro atoms. The SMILES string of the molecule is CCNC(=NCc1ccccc1CN1CCN(CC)CC1)NC1CCN(C(=O)CC)C1. The predicted octanol–water partition coefficient (Wildman–Crippen LogP) is 1.89. The van der Waals surface area contributed by atoms with Gasteiger partial charge < -0.3 is 20.4 Å². The van der Waals surface area contributed by atoms with Crippen molar-refractivity contribution in [1.29, 1.82) is 0 Å². The summed E-state index contributed by atoms with van der Waals surface area (Å²) in [5.41, 5.74) is 2.65. The Morgan fingerprint density at radius 2 is 1.74 bits per heavy atom. The standard InChI is InChI=1S/C24H40N6O/c1-4-23(31)30-12-11-22(19-30)27-24(25-5-2)26-17-20-9-7-8-10-21(20)18-29-15-13-28(6-3)14-16-29/h7-10,22H,4-6,11-19H2,1-3H3,(H2,25,26,27). The molecule has 7 nitrogen and oxygen atoms in total. The Balaban J connectivity index is 1.59. The summed E-state index contributed by atoms with van der Waals surface area (Å²) in [4.78, 5) is 23.9. The van der Waals surface area contributed by atoms with E-state index in [1.54, 1.807) is 0 Å². The minimum Gasteiger partial charge on any atom is -0.357 e. The largest absolute Gasteiger partial charge is 0.357 e. The van der Waals surface area contributed by atoms with Gasteiger partial charge in [0.25, 0.3) is 0 Å². The fourth-order valence-electron chi connectivity index (χ4n) is 4.38. The predicted molar refractivity (Wildman–Crippen MR) is 127 cm³/mol. The van der Waals surface area contributed by atoms with Crippen LogP contribution in [0, 0.1) is 0 Å². The molecule has 0 aliphatic carbocycles. The third kappa shape index (κ3) is 6.94. The third-order valence-corrected chi connectivity index (χ3v) is 6.36. The van der Waals surface area contributed by atoms with Crippen molar-refractivity contribution in [3.05, 3.63) is 35.4 Å². The number of hydrogen-bond acceptors (Lipinski definition) is 4. The molecular formula is C24H40N6O. The second kappa shape index (κ2) is 12.1. The summed E-state index contributed by atoms with van der Waals surface area (Å²) in [6, 6.07) is 8.93. The number of nitrogens with one attached hydrogen (secondary N) is 2. The van der Waals surface area contributed by atoms with Gasteiger partial charge in [-0.15, -0.1) is 0 Å². The number of hydrogen-bond donors (Lipinski definition) is 2. The number of likely N-dealkylation sites (tertiary alicyclic amines) is 1. The first-order valence-electron chi connectivity index (χ1n) is 12.0. The van der Waals surface area contributed by atoms with Crippen LogP contribution in [0.25, 0.3) is 0 Å². The number of aliphatic imine (C=N–C) groups is 1. The molecule has 1 aromatic rings. The summed E-state index contributed by atoms with van der Waals surface area (Å²) in [5, 5.41) is 6.91. The molecule has 2 saturated heterocycles. The fraction of sp³-hybridized carbons (Fsp3) is 0.667. The van der Waals surface area contributed by atoms with Gasteiger partial charge in [-0.05, 0) is 31.0 Å². The number of amides is 1. The molecule has 2 aliphatic rings. The maximum Gasteiger partial charge on any atom is 0.222 e. The fourth-order valence-corrected chi connectivity index (χ4v) is 4.38. The Morgan fingerprint density at radius 3 is 2.42 bits per heavy atom. The number of guanidine groups is 1. The van der Waals surface area contributed by atoms with Crippen LogP contribution in [0.5, 0.6) is 0 Å². The van der Waals surface area contributed by atoms with E-state index in [2.05, 4.69) is 58.5 Å². The maximum absolute atomic E-state index is 12.0. The van der Waals surface area contributed by atoms with Crippen molar-refractivity contribution in [3.8, 4) is 0 Å². The van der Waals surface area contributed by atoms with Crippen LogP contribution in [0.4, 0.5) is 0 Å². The topological polar surface area (TPSA) is 63.2 Å². The van der Waals surface area contributed by atoms with Gasteiger partial charge in [0.15, 0.2) is 5.96 Å². The summed E-state index contributed by atoms with van der Waals surface area (Å²) in [6.07, 6.45) is 1.54. The molecule has 2 heterocycles. The Morgan fingerprint density at radius 1 is 1.03 bits per heavy atom. The number of piperazine rings is 1. The molecule has 1 unspecified atom stereocenters. The van der Waals surface area contributed by atoms with E-state index in [0.29, 0.717) is 13.0 Å². The molecular weight excluding hydrogens is 388 g/mol. The molecule has 0 aromatic heterocycles. The number of benzene rings is 1. The number of carbonyl (C=O) groups is 1. The lowest BCUT2D eigenvalue weighted by Crippen LogP contribution is -2.45. The average molecular weight is 429 g/mol. The first-order chi connectivity index (χ1) is 15.1. The van der Waals surface area contributed by atoms with Gasteiger partial charge in [-0.3, -0.25) is 9.69 Å². The van der Waals surface area contributed by atoms with E-state index in [-0.39, 0.29) is 11.9 Å². The minimum atomic E-state index is 0.236. The monoisotopic (exact) mass is 428 g/mol. The molecule has 1 aromatic carbocycles. The van der Waals surface area contributed by atoms with Crippen molar-refractivity contribution in [2.75, 3.05) is 52.4 Å². The van der Waals surface area contributed by atoms with E-state index in [9.17, 15) is 4.79 Å². The smallest absolute Gasteiger partial charge is 0.222 e. The van der Waals surface area contributed by atoms with Crippen LogP contribution in [-0.4, -0.2) is 85.0 Å². The highest BCUT2D eigenvalue weighted by Crippen LogP contribution is 2.15. The quantitative estimate of drug-likeness (QED) is 0.489. The van der Waals surface area contributed by atoms with Crippen LogP contribution in [-0.2, 0) is 17.9 Å². The molecule has 1 amide bonds. The summed E-state index contributed by atoms with van der Waals surface area (Å²) in [5.74, 6) is 1.07. The number of nitrogens with zero attached hydrogens (tertiary/aromatic N) is 4. The maximum atomic E-state index is 12.0. The lowest BCUT2D eigenvalue weighted by Gasteiger charge is -2.34. The van der Waals surface area contributed by atoms with Crippen LogP contribution in [0.3, 0.4) is 0 Å². The van der Waals surface area contributed by atoms with Crippen molar-refractivity contribution >= 4 is 11.9 Å². The molecule has 0 bridgehead atoms. The van der Waals surface area contributed by atoms with Gasteiger partial charge in [0, 0.05) is 64.8 Å². The van der Waals surface area contributed by atoms with Gasteiger partial charge in [0.2, 0.25) is 5.91 Å². The highest BCUT2D eigenvalue weighted by molar-refractivity contribution is 5.80. The lowest BCUT2D eigenvalue weighted by molar-refractivity contribution is -0.129. The van der Waals surface area contributed by atoms with Crippen LogP contribution < -0.4 is 10.6 Å². The number of rotatable bonds is 8. The average Bonchev–Trinajstić information content (AvgIpc) is 3.27. The molecule has 1 atom stereocenters. The molecule has 0 saturated carbocycles. The summed E-state index contributed by atoms with van der Waals surface area (Å²) in [6.45, 7) is 16.0. The van der Waals surface area contributed by atoms with Gasteiger partial charge in [-0.1, -0.05) is 38.1 Å². The van der Waals surface area contributed by atoms with E-state index in [1.807, 2.05) is 11.8 Å². The van der Waals surface area contributed by atoms with Crippen LogP contribution in [0.2, 0.25) is 0 Å². The Labute approximate surface area is 187 Å². The Hall–Kier alpha value is -2.12. The van der Waals surface area contributed by atoms with Crippen LogP contribution >= 0.6 is 0 Å². The van der Waals surface area contributed by atoms with Crippen molar-refractivity contribution in [2.45, 2.75) is 52.7 Å². The van der Waals surface area contributed by atoms with E-state index in [4.69, 9.17) is 4.99 Å². The first kappa shape index (κ1) is 23.5. The minimum absolute atomic E-state index is 0.236. The zero-order valence-electron chi connectivity index (χ0n) is 19.6. The second-order valence-electron chi connectivity index (χ2n) is 8.50. The van der Waals surface area contributed by atoms with Crippen molar-refractivity contribution in [1.82, 2.24) is 25.3 Å². The van der Waals surface area contributed by atoms with Crippen LogP contribution in [0.1, 0.15) is 44.7 Å². The van der Waals surface area contributed by atoms with Gasteiger partial charge in [0.1, 0.15) is 0 Å². The molecule has 172 valence electrons. The van der Waals surface area contributed by atoms with Gasteiger partial charge in [-0.25, -0.2) is 4.99 Å². The third-order valence-electron chi connectivity index (χ3n) is 6.36. The zero-order chi connectivity index (χ0) is 22.1. The highest BCUT2D eigenvalue weighted by Gasteiger charge is 2.25. The van der Waals surface area contributed by atoms with Crippen molar-refractivity contribution < 1.29 is 4.79 Å². The lowest BCUT2D eigenvalue weighted by atomic mass is 10.1. The molecule has 7 heteroatoms. The van der Waals surface area contributed by atoms with Crippen molar-refractivity contribution in [3.63, 3.8) is 0 Å². The van der Waals surface area contributed by atoms with E-state index >= 15 is 0 Å². The molecule has 31 heavy (non-hydrogen) atoms. The van der Waals surface area contributed by atoms with Crippen molar-refractivity contribution in [2.24, 2.45) is 4.99 Å². The molecule has 2 fully saturated rings. The highest BCUT2D eigenvalue weighted by atomic mass is 16.2. The normalized spacial score (nSPS) is 20.8. The van der Waals surface area contributed by atoms with Gasteiger partial charge >= 0.3 is 0 Å². The molecule has 3 rings (SSSR count). The van der Waals surface area contributed by atoms with Gasteiger partial charge in [-0.2, -0.15) is 0 Å². The van der Waals surface area contributed by atoms with Crippen LogP contribution in [0.15, 0.2) is 29.3 Å². The second-order valence-corrected chi connectivity index (χ2v) is 8.50.